The molecular weight excluding hydrogens is 342 g/mol. The lowest BCUT2D eigenvalue weighted by molar-refractivity contribution is 0.0744. The fourth-order valence-corrected chi connectivity index (χ4v) is 3.58. The lowest BCUT2D eigenvalue weighted by Crippen LogP contribution is -2.50. The highest BCUT2D eigenvalue weighted by Crippen LogP contribution is 2.19. The predicted molar refractivity (Wildman–Crippen MR) is 104 cm³/mol. The first-order chi connectivity index (χ1) is 13.0. The van der Waals surface area contributed by atoms with E-state index in [1.54, 1.807) is 29.4 Å². The Morgan fingerprint density at radius 1 is 1.04 bits per heavy atom. The molecule has 1 N–H and O–H groups in total. The van der Waals surface area contributed by atoms with E-state index in [-0.39, 0.29) is 17.0 Å². The van der Waals surface area contributed by atoms with Crippen LogP contribution >= 0.6 is 0 Å². The van der Waals surface area contributed by atoms with Crippen LogP contribution in [-0.2, 0) is 0 Å². The van der Waals surface area contributed by atoms with Gasteiger partial charge in [-0.15, -0.1) is 0 Å². The first-order valence-electron chi connectivity index (χ1n) is 8.98. The summed E-state index contributed by atoms with van der Waals surface area (Å²) in [6.45, 7) is 6.29. The van der Waals surface area contributed by atoms with Crippen LogP contribution in [0.3, 0.4) is 0 Å². The third-order valence-corrected chi connectivity index (χ3v) is 4.93. The molecule has 7 nitrogen and oxygen atoms in total. The van der Waals surface area contributed by atoms with Crippen molar-refractivity contribution in [3.8, 4) is 0 Å². The van der Waals surface area contributed by atoms with Gasteiger partial charge in [-0.05, 0) is 43.0 Å². The molecule has 27 heavy (non-hydrogen) atoms. The van der Waals surface area contributed by atoms with Crippen molar-refractivity contribution in [2.24, 2.45) is 0 Å². The SMILES string of the molecule is Cc1cc(C)c2[nH]c(=O)c(C(=O)N3CCN(c4ncccn4)CC3)cc2c1. The molecule has 1 aromatic carbocycles. The zero-order valence-corrected chi connectivity index (χ0v) is 15.4. The molecule has 0 unspecified atom stereocenters. The summed E-state index contributed by atoms with van der Waals surface area (Å²) in [5, 5.41) is 0.881. The molecule has 7 heteroatoms. The molecule has 0 saturated carbocycles. The van der Waals surface area contributed by atoms with Crippen LogP contribution in [-0.4, -0.2) is 51.9 Å². The van der Waals surface area contributed by atoms with Gasteiger partial charge in [0, 0.05) is 38.6 Å². The topological polar surface area (TPSA) is 82.2 Å². The van der Waals surface area contributed by atoms with Gasteiger partial charge in [0.25, 0.3) is 11.5 Å². The number of pyridine rings is 1. The molecule has 1 aliphatic heterocycles. The Bertz CT molecular complexity index is 1050. The number of aromatic amines is 1. The van der Waals surface area contributed by atoms with E-state index >= 15 is 0 Å². The number of nitrogens with one attached hydrogen (secondary N) is 1. The fraction of sp³-hybridized carbons (Fsp3) is 0.300. The fourth-order valence-electron chi connectivity index (χ4n) is 3.58. The molecule has 0 aliphatic carbocycles. The third kappa shape index (κ3) is 3.28. The van der Waals surface area contributed by atoms with Crippen LogP contribution in [0.25, 0.3) is 10.9 Å². The Morgan fingerprint density at radius 3 is 2.44 bits per heavy atom. The Balaban J connectivity index is 1.57. The third-order valence-electron chi connectivity index (χ3n) is 4.93. The van der Waals surface area contributed by atoms with Gasteiger partial charge in [0.05, 0.1) is 5.52 Å². The monoisotopic (exact) mass is 363 g/mol. The number of anilines is 1. The van der Waals surface area contributed by atoms with Crippen molar-refractivity contribution >= 4 is 22.8 Å². The Labute approximate surface area is 156 Å². The normalized spacial score (nSPS) is 14.6. The van der Waals surface area contributed by atoms with Crippen molar-refractivity contribution in [2.45, 2.75) is 13.8 Å². The lowest BCUT2D eigenvalue weighted by Gasteiger charge is -2.34. The molecule has 3 aromatic rings. The van der Waals surface area contributed by atoms with Crippen molar-refractivity contribution in [3.63, 3.8) is 0 Å². The van der Waals surface area contributed by atoms with E-state index in [0.29, 0.717) is 32.1 Å². The van der Waals surface area contributed by atoms with E-state index < -0.39 is 0 Å². The smallest absolute Gasteiger partial charge is 0.261 e. The quantitative estimate of drug-likeness (QED) is 0.752. The summed E-state index contributed by atoms with van der Waals surface area (Å²) in [4.78, 5) is 40.6. The van der Waals surface area contributed by atoms with E-state index in [4.69, 9.17) is 0 Å². The number of fused-ring (bicyclic) bond motifs is 1. The van der Waals surface area contributed by atoms with Crippen LogP contribution in [0.5, 0.6) is 0 Å². The number of carbonyl (C=O) groups excluding carboxylic acids is 1. The van der Waals surface area contributed by atoms with Gasteiger partial charge in [0.1, 0.15) is 5.56 Å². The maximum Gasteiger partial charge on any atom is 0.261 e. The minimum Gasteiger partial charge on any atom is -0.337 e. The number of nitrogens with zero attached hydrogens (tertiary/aromatic N) is 4. The number of piperazine rings is 1. The van der Waals surface area contributed by atoms with Crippen LogP contribution in [0, 0.1) is 13.8 Å². The summed E-state index contributed by atoms with van der Waals surface area (Å²) in [5.74, 6) is 0.435. The van der Waals surface area contributed by atoms with Gasteiger partial charge in [-0.2, -0.15) is 0 Å². The Morgan fingerprint density at radius 2 is 1.74 bits per heavy atom. The Kier molecular flexibility index (Phi) is 4.35. The van der Waals surface area contributed by atoms with Crippen LogP contribution in [0.2, 0.25) is 0 Å². The molecule has 0 spiro atoms. The van der Waals surface area contributed by atoms with Crippen molar-refractivity contribution in [2.75, 3.05) is 31.1 Å². The van der Waals surface area contributed by atoms with E-state index in [1.807, 2.05) is 30.9 Å². The number of aromatic nitrogens is 3. The van der Waals surface area contributed by atoms with Crippen molar-refractivity contribution in [1.29, 1.82) is 0 Å². The second-order valence-corrected chi connectivity index (χ2v) is 6.89. The second kappa shape index (κ2) is 6.83. The summed E-state index contributed by atoms with van der Waals surface area (Å²) in [5.41, 5.74) is 2.73. The average Bonchev–Trinajstić information content (AvgIpc) is 2.68. The number of aryl methyl sites for hydroxylation is 2. The van der Waals surface area contributed by atoms with Gasteiger partial charge in [0.2, 0.25) is 5.95 Å². The number of hydrogen-bond acceptors (Lipinski definition) is 5. The van der Waals surface area contributed by atoms with Crippen LogP contribution in [0.4, 0.5) is 5.95 Å². The first kappa shape index (κ1) is 17.2. The second-order valence-electron chi connectivity index (χ2n) is 6.89. The van der Waals surface area contributed by atoms with E-state index in [9.17, 15) is 9.59 Å². The summed E-state index contributed by atoms with van der Waals surface area (Å²) in [6.07, 6.45) is 3.41. The number of rotatable bonds is 2. The maximum absolute atomic E-state index is 12.9. The van der Waals surface area contributed by atoms with Crippen molar-refractivity contribution in [3.05, 3.63) is 63.7 Å². The summed E-state index contributed by atoms with van der Waals surface area (Å²) in [7, 11) is 0. The van der Waals surface area contributed by atoms with Gasteiger partial charge < -0.3 is 14.8 Å². The summed E-state index contributed by atoms with van der Waals surface area (Å²) in [6, 6.07) is 7.49. The van der Waals surface area contributed by atoms with Crippen molar-refractivity contribution < 1.29 is 4.79 Å². The summed E-state index contributed by atoms with van der Waals surface area (Å²) >= 11 is 0. The molecule has 138 valence electrons. The molecule has 0 atom stereocenters. The minimum atomic E-state index is -0.340. The number of carbonyl (C=O) groups is 1. The van der Waals surface area contributed by atoms with Gasteiger partial charge in [-0.1, -0.05) is 11.6 Å². The largest absolute Gasteiger partial charge is 0.337 e. The number of benzene rings is 1. The molecule has 0 radical (unpaired) electrons. The molecule has 1 aliphatic rings. The number of H-pyrrole nitrogens is 1. The van der Waals surface area contributed by atoms with E-state index in [0.717, 1.165) is 22.0 Å². The average molecular weight is 363 g/mol. The standard InChI is InChI=1S/C20H21N5O2/c1-13-10-14(2)17-15(11-13)12-16(18(26)23-17)19(27)24-6-8-25(9-7-24)20-21-4-3-5-22-20/h3-5,10-12H,6-9H2,1-2H3,(H,23,26). The zero-order valence-electron chi connectivity index (χ0n) is 15.4. The van der Waals surface area contributed by atoms with E-state index in [1.165, 1.54) is 0 Å². The molecule has 2 aromatic heterocycles. The predicted octanol–water partition coefficient (Wildman–Crippen LogP) is 1.90. The zero-order chi connectivity index (χ0) is 19.0. The molecule has 3 heterocycles. The van der Waals surface area contributed by atoms with Crippen LogP contribution in [0.15, 0.2) is 41.5 Å². The maximum atomic E-state index is 12.9. The van der Waals surface area contributed by atoms with E-state index in [2.05, 4.69) is 15.0 Å². The van der Waals surface area contributed by atoms with Crippen molar-refractivity contribution in [1.82, 2.24) is 19.9 Å². The Hall–Kier alpha value is -3.22. The number of amides is 1. The van der Waals surface area contributed by atoms with Gasteiger partial charge >= 0.3 is 0 Å². The van der Waals surface area contributed by atoms with Gasteiger partial charge in [-0.25, -0.2) is 9.97 Å². The van der Waals surface area contributed by atoms with Crippen LogP contribution < -0.4 is 10.5 Å². The van der Waals surface area contributed by atoms with Gasteiger partial charge in [-0.3, -0.25) is 9.59 Å². The highest BCUT2D eigenvalue weighted by Gasteiger charge is 2.25. The minimum absolute atomic E-state index is 0.192. The molecule has 1 saturated heterocycles. The first-order valence-corrected chi connectivity index (χ1v) is 8.98. The molecule has 1 amide bonds. The molecule has 4 rings (SSSR count). The molecular formula is C20H21N5O2. The lowest BCUT2D eigenvalue weighted by atomic mass is 10.0. The highest BCUT2D eigenvalue weighted by molar-refractivity contribution is 5.97. The van der Waals surface area contributed by atoms with Crippen LogP contribution in [0.1, 0.15) is 21.5 Å². The molecule has 1 fully saturated rings. The van der Waals surface area contributed by atoms with Gasteiger partial charge in [0.15, 0.2) is 0 Å². The number of hydrogen-bond donors (Lipinski definition) is 1. The molecule has 0 bridgehead atoms. The highest BCUT2D eigenvalue weighted by atomic mass is 16.2. The summed E-state index contributed by atoms with van der Waals surface area (Å²) < 4.78 is 0.